The third kappa shape index (κ3) is 3.14. The van der Waals surface area contributed by atoms with Gasteiger partial charge in [-0.3, -0.25) is 4.57 Å². The van der Waals surface area contributed by atoms with E-state index >= 15 is 0 Å². The molecule has 1 aromatic heterocycles. The molecule has 0 atom stereocenters. The molecule has 0 saturated heterocycles. The average Bonchev–Trinajstić information content (AvgIpc) is 2.81. The van der Waals surface area contributed by atoms with Crippen molar-refractivity contribution in [2.75, 3.05) is 0 Å². The van der Waals surface area contributed by atoms with E-state index in [-0.39, 0.29) is 10.6 Å². The molecule has 0 aliphatic carbocycles. The van der Waals surface area contributed by atoms with Crippen LogP contribution in [0.5, 0.6) is 0 Å². The molecule has 7 heteroatoms. The first-order chi connectivity index (χ1) is 9.64. The van der Waals surface area contributed by atoms with Crippen molar-refractivity contribution in [1.82, 2.24) is 14.8 Å². The molecule has 114 valence electrons. The summed E-state index contributed by atoms with van der Waals surface area (Å²) in [5, 5.41) is 12.6. The van der Waals surface area contributed by atoms with Crippen molar-refractivity contribution in [3.63, 3.8) is 0 Å². The molecule has 0 unspecified atom stereocenters. The Hall–Kier alpha value is -1.73. The highest BCUT2D eigenvalue weighted by molar-refractivity contribution is 7.89. The van der Waals surface area contributed by atoms with E-state index in [4.69, 9.17) is 5.14 Å². The summed E-state index contributed by atoms with van der Waals surface area (Å²) >= 11 is 0. The summed E-state index contributed by atoms with van der Waals surface area (Å²) in [7, 11) is -3.87. The molecule has 0 fully saturated rings. The van der Waals surface area contributed by atoms with E-state index in [1.807, 2.05) is 31.2 Å². The zero-order valence-electron chi connectivity index (χ0n) is 12.7. The van der Waals surface area contributed by atoms with Crippen LogP contribution in [0, 0.1) is 0 Å². The van der Waals surface area contributed by atoms with E-state index < -0.39 is 10.0 Å². The van der Waals surface area contributed by atoms with Gasteiger partial charge >= 0.3 is 0 Å². The lowest BCUT2D eigenvalue weighted by molar-refractivity contribution is 0.571. The molecular weight excluding hydrogens is 288 g/mol. The summed E-state index contributed by atoms with van der Waals surface area (Å²) in [6.07, 6.45) is 0. The first-order valence-corrected chi connectivity index (χ1v) is 8.26. The molecule has 21 heavy (non-hydrogen) atoms. The zero-order chi connectivity index (χ0) is 15.8. The molecule has 0 bridgehead atoms. The molecule has 0 saturated carbocycles. The van der Waals surface area contributed by atoms with Crippen LogP contribution in [-0.2, 0) is 22.0 Å². The van der Waals surface area contributed by atoms with Crippen LogP contribution in [0.2, 0.25) is 0 Å². The number of hydrogen-bond acceptors (Lipinski definition) is 4. The molecule has 2 aromatic rings. The molecule has 0 amide bonds. The average molecular weight is 308 g/mol. The van der Waals surface area contributed by atoms with E-state index in [2.05, 4.69) is 31.0 Å². The fraction of sp³-hybridized carbons (Fsp3) is 0.429. The topological polar surface area (TPSA) is 90.9 Å². The summed E-state index contributed by atoms with van der Waals surface area (Å²) in [5.74, 6) is 0.502. The number of hydrogen-bond donors (Lipinski definition) is 1. The SMILES string of the molecule is CCn1c(-c2ccc(C(C)(C)C)cc2)nnc1S(N)(=O)=O. The van der Waals surface area contributed by atoms with Crippen LogP contribution in [0.15, 0.2) is 29.4 Å². The van der Waals surface area contributed by atoms with Gasteiger partial charge in [0.05, 0.1) is 0 Å². The largest absolute Gasteiger partial charge is 0.297 e. The standard InChI is InChI=1S/C14H20N4O2S/c1-5-18-12(16-17-13(18)21(15,19)20)10-6-8-11(9-7-10)14(2,3)4/h6-9H,5H2,1-4H3,(H2,15,19,20). The Morgan fingerprint density at radius 2 is 1.71 bits per heavy atom. The maximum Gasteiger partial charge on any atom is 0.273 e. The summed E-state index contributed by atoms with van der Waals surface area (Å²) in [4.78, 5) is 0. The Labute approximate surface area is 125 Å². The van der Waals surface area contributed by atoms with Gasteiger partial charge in [0.15, 0.2) is 5.82 Å². The highest BCUT2D eigenvalue weighted by Gasteiger charge is 2.21. The van der Waals surface area contributed by atoms with E-state index in [1.54, 1.807) is 0 Å². The van der Waals surface area contributed by atoms with Crippen LogP contribution in [0.25, 0.3) is 11.4 Å². The first kappa shape index (κ1) is 15.7. The lowest BCUT2D eigenvalue weighted by Gasteiger charge is -2.19. The smallest absolute Gasteiger partial charge is 0.273 e. The summed E-state index contributed by atoms with van der Waals surface area (Å²) < 4.78 is 24.5. The normalized spacial score (nSPS) is 12.6. The Balaban J connectivity index is 2.51. The Kier molecular flexibility index (Phi) is 3.90. The molecule has 1 aromatic carbocycles. The second-order valence-corrected chi connectivity index (χ2v) is 7.38. The minimum atomic E-state index is -3.87. The summed E-state index contributed by atoms with van der Waals surface area (Å²) in [5.41, 5.74) is 2.07. The number of nitrogens with two attached hydrogens (primary N) is 1. The van der Waals surface area contributed by atoms with Crippen molar-refractivity contribution in [3.8, 4) is 11.4 Å². The van der Waals surface area contributed by atoms with Crippen molar-refractivity contribution < 1.29 is 8.42 Å². The van der Waals surface area contributed by atoms with Gasteiger partial charge in [-0.05, 0) is 17.9 Å². The highest BCUT2D eigenvalue weighted by atomic mass is 32.2. The molecule has 0 aliphatic rings. The number of rotatable bonds is 3. The molecule has 0 spiro atoms. The van der Waals surface area contributed by atoms with Gasteiger partial charge in [-0.2, -0.15) is 0 Å². The van der Waals surface area contributed by atoms with Gasteiger partial charge in [0.2, 0.25) is 0 Å². The Bertz CT molecular complexity index is 740. The number of sulfonamides is 1. The van der Waals surface area contributed by atoms with E-state index in [1.165, 1.54) is 10.1 Å². The van der Waals surface area contributed by atoms with Crippen LogP contribution in [0.4, 0.5) is 0 Å². The number of nitrogens with zero attached hydrogens (tertiary/aromatic N) is 3. The first-order valence-electron chi connectivity index (χ1n) is 6.71. The summed E-state index contributed by atoms with van der Waals surface area (Å²) in [6.45, 7) is 8.65. The molecule has 1 heterocycles. The number of aromatic nitrogens is 3. The van der Waals surface area contributed by atoms with Crippen molar-refractivity contribution in [2.24, 2.45) is 5.14 Å². The third-order valence-corrected chi connectivity index (χ3v) is 4.11. The Morgan fingerprint density at radius 1 is 1.14 bits per heavy atom. The van der Waals surface area contributed by atoms with Gasteiger partial charge in [0, 0.05) is 12.1 Å². The lowest BCUT2D eigenvalue weighted by atomic mass is 9.87. The fourth-order valence-electron chi connectivity index (χ4n) is 2.12. The number of primary sulfonamides is 1. The Morgan fingerprint density at radius 3 is 2.14 bits per heavy atom. The van der Waals surface area contributed by atoms with Crippen molar-refractivity contribution in [3.05, 3.63) is 29.8 Å². The lowest BCUT2D eigenvalue weighted by Crippen LogP contribution is -2.18. The second-order valence-electron chi connectivity index (χ2n) is 5.92. The molecule has 0 aliphatic heterocycles. The van der Waals surface area contributed by atoms with Gasteiger partial charge < -0.3 is 0 Å². The van der Waals surface area contributed by atoms with Crippen LogP contribution >= 0.6 is 0 Å². The van der Waals surface area contributed by atoms with Crippen LogP contribution in [0.1, 0.15) is 33.3 Å². The second kappa shape index (κ2) is 5.23. The minimum Gasteiger partial charge on any atom is -0.297 e. The molecular formula is C14H20N4O2S. The molecule has 2 N–H and O–H groups in total. The van der Waals surface area contributed by atoms with Crippen LogP contribution < -0.4 is 5.14 Å². The third-order valence-electron chi connectivity index (χ3n) is 3.30. The van der Waals surface area contributed by atoms with Gasteiger partial charge in [-0.1, -0.05) is 45.0 Å². The maximum atomic E-state index is 11.5. The molecule has 2 rings (SSSR count). The van der Waals surface area contributed by atoms with Gasteiger partial charge in [-0.15, -0.1) is 10.2 Å². The van der Waals surface area contributed by atoms with Gasteiger partial charge in [-0.25, -0.2) is 13.6 Å². The van der Waals surface area contributed by atoms with Crippen LogP contribution in [-0.4, -0.2) is 23.2 Å². The van der Waals surface area contributed by atoms with Gasteiger partial charge in [0.1, 0.15) is 0 Å². The van der Waals surface area contributed by atoms with Crippen molar-refractivity contribution >= 4 is 10.0 Å². The monoisotopic (exact) mass is 308 g/mol. The van der Waals surface area contributed by atoms with E-state index in [0.717, 1.165) is 5.56 Å². The summed E-state index contributed by atoms with van der Waals surface area (Å²) in [6, 6.07) is 7.87. The molecule has 0 radical (unpaired) electrons. The highest BCUT2D eigenvalue weighted by Crippen LogP contribution is 2.26. The predicted octanol–water partition coefficient (Wildman–Crippen LogP) is 1.91. The minimum absolute atomic E-state index is 0.0583. The number of benzene rings is 1. The zero-order valence-corrected chi connectivity index (χ0v) is 13.5. The maximum absolute atomic E-state index is 11.5. The van der Waals surface area contributed by atoms with E-state index in [0.29, 0.717) is 12.4 Å². The van der Waals surface area contributed by atoms with Crippen LogP contribution in [0.3, 0.4) is 0 Å². The van der Waals surface area contributed by atoms with E-state index in [9.17, 15) is 8.42 Å². The van der Waals surface area contributed by atoms with Crippen molar-refractivity contribution in [1.29, 1.82) is 0 Å². The van der Waals surface area contributed by atoms with Gasteiger partial charge in [0.25, 0.3) is 15.2 Å². The molecule has 6 nitrogen and oxygen atoms in total. The fourth-order valence-corrected chi connectivity index (χ4v) is 2.79. The quantitative estimate of drug-likeness (QED) is 0.937. The van der Waals surface area contributed by atoms with Crippen molar-refractivity contribution in [2.45, 2.75) is 44.8 Å². The predicted molar refractivity (Wildman–Crippen MR) is 81.2 cm³/mol.